The van der Waals surface area contributed by atoms with Crippen LogP contribution in [-0.2, 0) is 4.74 Å². The summed E-state index contributed by atoms with van der Waals surface area (Å²) in [4.78, 5) is 4.58. The van der Waals surface area contributed by atoms with Crippen molar-refractivity contribution in [1.82, 2.24) is 15.1 Å². The van der Waals surface area contributed by atoms with Crippen LogP contribution in [0.25, 0.3) is 0 Å². The van der Waals surface area contributed by atoms with E-state index in [1.54, 1.807) is 0 Å². The highest BCUT2D eigenvalue weighted by atomic mass is 16.5. The molecular weight excluding hydrogens is 268 g/mol. The standard InChI is InChI=1S/C15H24N4O2/c1-12-2-3-15(17-16-12)19-7-9-21-14-11-18(6-8-20)5-4-13(14)10-19/h2-3,13-14,20H,4-11H2,1H3/t13-,14+/m0/s1. The smallest absolute Gasteiger partial charge is 0.151 e. The SMILES string of the molecule is Cc1ccc(N2CCO[C@@H]3CN(CCO)CC[C@H]3C2)nn1. The fraction of sp³-hybridized carbons (Fsp3) is 0.733. The minimum absolute atomic E-state index is 0.225. The Labute approximate surface area is 125 Å². The molecule has 1 N–H and O–H groups in total. The molecular formula is C15H24N4O2. The second kappa shape index (κ2) is 6.68. The van der Waals surface area contributed by atoms with E-state index in [2.05, 4.69) is 20.0 Å². The van der Waals surface area contributed by atoms with Crippen LogP contribution in [0.15, 0.2) is 12.1 Å². The maximum atomic E-state index is 9.08. The number of piperidine rings is 1. The molecule has 0 saturated carbocycles. The van der Waals surface area contributed by atoms with Crippen LogP contribution in [0.5, 0.6) is 0 Å². The van der Waals surface area contributed by atoms with Crippen LogP contribution in [-0.4, -0.2) is 72.2 Å². The summed E-state index contributed by atoms with van der Waals surface area (Å²) < 4.78 is 6.05. The van der Waals surface area contributed by atoms with Crippen LogP contribution in [0.1, 0.15) is 12.1 Å². The predicted molar refractivity (Wildman–Crippen MR) is 80.4 cm³/mol. The average Bonchev–Trinajstić information content (AvgIpc) is 2.70. The van der Waals surface area contributed by atoms with E-state index in [1.807, 2.05) is 19.1 Å². The van der Waals surface area contributed by atoms with E-state index >= 15 is 0 Å². The fourth-order valence-corrected chi connectivity index (χ4v) is 3.23. The van der Waals surface area contributed by atoms with E-state index in [9.17, 15) is 0 Å². The number of aromatic nitrogens is 2. The van der Waals surface area contributed by atoms with Crippen molar-refractivity contribution in [2.75, 3.05) is 50.8 Å². The molecule has 0 radical (unpaired) electrons. The zero-order valence-corrected chi connectivity index (χ0v) is 12.6. The molecule has 0 aliphatic carbocycles. The van der Waals surface area contributed by atoms with Crippen LogP contribution >= 0.6 is 0 Å². The van der Waals surface area contributed by atoms with E-state index < -0.39 is 0 Å². The molecule has 21 heavy (non-hydrogen) atoms. The molecule has 3 heterocycles. The van der Waals surface area contributed by atoms with Gasteiger partial charge in [-0.1, -0.05) is 0 Å². The van der Waals surface area contributed by atoms with E-state index in [-0.39, 0.29) is 12.7 Å². The number of nitrogens with zero attached hydrogens (tertiary/aromatic N) is 4. The van der Waals surface area contributed by atoms with Crippen LogP contribution in [0.3, 0.4) is 0 Å². The molecule has 0 aromatic carbocycles. The van der Waals surface area contributed by atoms with Gasteiger partial charge in [-0.3, -0.25) is 4.90 Å². The Hall–Kier alpha value is -1.24. The Morgan fingerprint density at radius 1 is 1.29 bits per heavy atom. The second-order valence-electron chi connectivity index (χ2n) is 5.96. The van der Waals surface area contributed by atoms with Gasteiger partial charge in [0, 0.05) is 32.1 Å². The summed E-state index contributed by atoms with van der Waals surface area (Å²) in [5.74, 6) is 1.48. The maximum Gasteiger partial charge on any atom is 0.151 e. The normalized spacial score (nSPS) is 27.2. The summed E-state index contributed by atoms with van der Waals surface area (Å²) in [5.41, 5.74) is 0.944. The molecule has 2 fully saturated rings. The van der Waals surface area contributed by atoms with E-state index in [1.165, 1.54) is 0 Å². The lowest BCUT2D eigenvalue weighted by molar-refractivity contribution is -0.0247. The molecule has 2 aliphatic heterocycles. The first-order chi connectivity index (χ1) is 10.3. The van der Waals surface area contributed by atoms with Gasteiger partial charge in [-0.15, -0.1) is 5.10 Å². The van der Waals surface area contributed by atoms with Gasteiger partial charge in [0.25, 0.3) is 0 Å². The third-order valence-electron chi connectivity index (χ3n) is 4.45. The zero-order chi connectivity index (χ0) is 14.7. The van der Waals surface area contributed by atoms with Gasteiger partial charge in [0.1, 0.15) is 0 Å². The number of aryl methyl sites for hydroxylation is 1. The summed E-state index contributed by atoms with van der Waals surface area (Å²) >= 11 is 0. The quantitative estimate of drug-likeness (QED) is 0.865. The molecule has 6 nitrogen and oxygen atoms in total. The zero-order valence-electron chi connectivity index (χ0n) is 12.6. The Kier molecular flexibility index (Phi) is 4.67. The van der Waals surface area contributed by atoms with Gasteiger partial charge in [0.2, 0.25) is 0 Å². The Morgan fingerprint density at radius 3 is 2.95 bits per heavy atom. The maximum absolute atomic E-state index is 9.08. The van der Waals surface area contributed by atoms with Crippen molar-refractivity contribution in [3.63, 3.8) is 0 Å². The molecule has 0 amide bonds. The van der Waals surface area contributed by atoms with Crippen molar-refractivity contribution in [3.8, 4) is 0 Å². The first-order valence-electron chi connectivity index (χ1n) is 7.76. The average molecular weight is 292 g/mol. The molecule has 116 valence electrons. The van der Waals surface area contributed by atoms with Gasteiger partial charge >= 0.3 is 0 Å². The highest BCUT2D eigenvalue weighted by Gasteiger charge is 2.33. The Bertz CT molecular complexity index is 453. The van der Waals surface area contributed by atoms with E-state index in [0.717, 1.165) is 57.3 Å². The first kappa shape index (κ1) is 14.7. The highest BCUT2D eigenvalue weighted by molar-refractivity contribution is 5.37. The highest BCUT2D eigenvalue weighted by Crippen LogP contribution is 2.25. The summed E-state index contributed by atoms with van der Waals surface area (Å²) in [6, 6.07) is 4.05. The van der Waals surface area contributed by atoms with Crippen LogP contribution < -0.4 is 4.90 Å². The minimum Gasteiger partial charge on any atom is -0.395 e. The number of aliphatic hydroxyl groups is 1. The van der Waals surface area contributed by atoms with Gasteiger partial charge in [-0.05, 0) is 32.0 Å². The number of hydrogen-bond acceptors (Lipinski definition) is 6. The van der Waals surface area contributed by atoms with Gasteiger partial charge in [0.15, 0.2) is 5.82 Å². The van der Waals surface area contributed by atoms with Crippen molar-refractivity contribution >= 4 is 5.82 Å². The fourth-order valence-electron chi connectivity index (χ4n) is 3.23. The first-order valence-corrected chi connectivity index (χ1v) is 7.76. The van der Waals surface area contributed by atoms with Crippen molar-refractivity contribution < 1.29 is 9.84 Å². The number of rotatable bonds is 3. The number of fused-ring (bicyclic) bond motifs is 1. The van der Waals surface area contributed by atoms with Gasteiger partial charge < -0.3 is 14.7 Å². The van der Waals surface area contributed by atoms with Crippen molar-refractivity contribution in [3.05, 3.63) is 17.8 Å². The number of β-amino-alcohol motifs (C(OH)–C–C–N with tert-alkyl or cyclic N) is 1. The lowest BCUT2D eigenvalue weighted by atomic mass is 9.93. The molecule has 1 aromatic rings. The van der Waals surface area contributed by atoms with Crippen LogP contribution in [0, 0.1) is 12.8 Å². The third-order valence-corrected chi connectivity index (χ3v) is 4.45. The Morgan fingerprint density at radius 2 is 2.19 bits per heavy atom. The number of hydrogen-bond donors (Lipinski definition) is 1. The van der Waals surface area contributed by atoms with Crippen molar-refractivity contribution in [2.45, 2.75) is 19.4 Å². The largest absolute Gasteiger partial charge is 0.395 e. The molecule has 3 rings (SSSR count). The van der Waals surface area contributed by atoms with E-state index in [4.69, 9.17) is 9.84 Å². The van der Waals surface area contributed by atoms with Crippen LogP contribution in [0.4, 0.5) is 5.82 Å². The van der Waals surface area contributed by atoms with Crippen molar-refractivity contribution in [1.29, 1.82) is 0 Å². The third kappa shape index (κ3) is 3.51. The summed E-state index contributed by atoms with van der Waals surface area (Å²) in [7, 11) is 0. The van der Waals surface area contributed by atoms with Crippen LogP contribution in [0.2, 0.25) is 0 Å². The van der Waals surface area contributed by atoms with Crippen molar-refractivity contribution in [2.24, 2.45) is 5.92 Å². The summed E-state index contributed by atoms with van der Waals surface area (Å²) in [6.07, 6.45) is 1.38. The van der Waals surface area contributed by atoms with Gasteiger partial charge in [-0.2, -0.15) is 5.10 Å². The lowest BCUT2D eigenvalue weighted by Crippen LogP contribution is -2.47. The molecule has 2 saturated heterocycles. The van der Waals surface area contributed by atoms with Gasteiger partial charge in [-0.25, -0.2) is 0 Å². The molecule has 2 aliphatic rings. The molecule has 1 aromatic heterocycles. The minimum atomic E-state index is 0.225. The molecule has 0 bridgehead atoms. The second-order valence-corrected chi connectivity index (χ2v) is 5.96. The molecule has 2 atom stereocenters. The Balaban J connectivity index is 1.65. The van der Waals surface area contributed by atoms with Gasteiger partial charge in [0.05, 0.1) is 25.0 Å². The van der Waals surface area contributed by atoms with E-state index in [0.29, 0.717) is 5.92 Å². The molecule has 6 heteroatoms. The summed E-state index contributed by atoms with van der Waals surface area (Å²) in [6.45, 7) is 7.47. The predicted octanol–water partition coefficient (Wildman–Crippen LogP) is 0.304. The number of aliphatic hydroxyl groups excluding tert-OH is 1. The molecule has 0 unspecified atom stereocenters. The number of ether oxygens (including phenoxy) is 1. The number of likely N-dealkylation sites (tertiary alicyclic amines) is 1. The monoisotopic (exact) mass is 292 g/mol. The summed E-state index contributed by atoms with van der Waals surface area (Å²) in [5, 5.41) is 17.5. The molecule has 0 spiro atoms. The number of anilines is 1. The topological polar surface area (TPSA) is 61.7 Å². The lowest BCUT2D eigenvalue weighted by Gasteiger charge is -2.37.